The number of benzene rings is 3. The second kappa shape index (κ2) is 19.8. The van der Waals surface area contributed by atoms with Gasteiger partial charge >= 0.3 is 11.9 Å². The maximum Gasteiger partial charge on any atom is 0.308 e. The molecule has 0 aliphatic rings. The molecule has 4 aromatic rings. The standard InChI is InChI=1S/C44H56ClN5O8/c1-26(2)19-20-46-39(53)33(17-18-37(51)57-43(3,4)5)48-42(56)36(25-38(52)58-44(6,7)8)50-40(54)34(22-27-13-14-28-11-9-10-12-29(28)21-27)49-41(55)35-24-30-23-31(45)15-16-32(30)47-35/h9-16,21,23-24,26,33-34,36,47H,17-20,22,25H2,1-8H3,(H,46,53)(H,48,56)(H,49,55)(H,50,54)/t33-,34-,36-/m0/s1. The quantitative estimate of drug-likeness (QED) is 0.0769. The second-order valence-corrected chi connectivity index (χ2v) is 17.3. The lowest BCUT2D eigenvalue weighted by molar-refractivity contribution is -0.156. The fourth-order valence-corrected chi connectivity index (χ4v) is 6.29. The first-order valence-corrected chi connectivity index (χ1v) is 19.9. The number of amides is 4. The highest BCUT2D eigenvalue weighted by molar-refractivity contribution is 6.31. The predicted molar refractivity (Wildman–Crippen MR) is 224 cm³/mol. The monoisotopic (exact) mass is 817 g/mol. The van der Waals surface area contributed by atoms with E-state index < -0.39 is 71.3 Å². The van der Waals surface area contributed by atoms with Crippen molar-refractivity contribution in [2.75, 3.05) is 6.54 Å². The van der Waals surface area contributed by atoms with Crippen LogP contribution in [0, 0.1) is 5.92 Å². The Morgan fingerprint density at radius 1 is 0.672 bits per heavy atom. The van der Waals surface area contributed by atoms with E-state index in [1.54, 1.807) is 65.8 Å². The van der Waals surface area contributed by atoms with Crippen molar-refractivity contribution < 1.29 is 38.2 Å². The minimum Gasteiger partial charge on any atom is -0.460 e. The van der Waals surface area contributed by atoms with Crippen molar-refractivity contribution in [2.45, 2.75) is 117 Å². The molecule has 3 atom stereocenters. The lowest BCUT2D eigenvalue weighted by Gasteiger charge is -2.26. The van der Waals surface area contributed by atoms with Gasteiger partial charge in [0.25, 0.3) is 5.91 Å². The Labute approximate surface area is 344 Å². The van der Waals surface area contributed by atoms with Crippen molar-refractivity contribution in [1.82, 2.24) is 26.3 Å². The van der Waals surface area contributed by atoms with Gasteiger partial charge in [-0.1, -0.05) is 67.9 Å². The second-order valence-electron chi connectivity index (χ2n) is 16.8. The van der Waals surface area contributed by atoms with Crippen LogP contribution >= 0.6 is 11.6 Å². The number of rotatable bonds is 17. The zero-order valence-corrected chi connectivity index (χ0v) is 35.3. The number of nitrogens with one attached hydrogen (secondary N) is 5. The minimum atomic E-state index is -1.54. The number of aromatic amines is 1. The number of carbonyl (C=O) groups excluding carboxylic acids is 6. The number of H-pyrrole nitrogens is 1. The molecule has 312 valence electrons. The third-order valence-electron chi connectivity index (χ3n) is 8.84. The predicted octanol–water partition coefficient (Wildman–Crippen LogP) is 6.30. The van der Waals surface area contributed by atoms with Gasteiger partial charge in [-0.05, 0) is 101 Å². The van der Waals surface area contributed by atoms with Crippen LogP contribution in [0.3, 0.4) is 0 Å². The Morgan fingerprint density at radius 2 is 1.31 bits per heavy atom. The van der Waals surface area contributed by atoms with Crippen molar-refractivity contribution in [3.8, 4) is 0 Å². The van der Waals surface area contributed by atoms with Crippen LogP contribution in [0.5, 0.6) is 0 Å². The maximum atomic E-state index is 14.3. The van der Waals surface area contributed by atoms with Gasteiger partial charge in [-0.25, -0.2) is 0 Å². The fraction of sp³-hybridized carbons (Fsp3) is 0.455. The molecule has 0 saturated heterocycles. The number of hydrogen-bond donors (Lipinski definition) is 5. The molecule has 1 heterocycles. The fourth-order valence-electron chi connectivity index (χ4n) is 6.11. The largest absolute Gasteiger partial charge is 0.460 e. The summed E-state index contributed by atoms with van der Waals surface area (Å²) in [7, 11) is 0. The Hall–Kier alpha value is -5.43. The molecular weight excluding hydrogens is 762 g/mol. The van der Waals surface area contributed by atoms with Crippen molar-refractivity contribution in [2.24, 2.45) is 5.92 Å². The summed E-state index contributed by atoms with van der Waals surface area (Å²) in [6.45, 7) is 14.5. The molecule has 0 bridgehead atoms. The molecule has 0 aliphatic heterocycles. The van der Waals surface area contributed by atoms with Gasteiger partial charge < -0.3 is 35.7 Å². The third-order valence-corrected chi connectivity index (χ3v) is 9.07. The van der Waals surface area contributed by atoms with E-state index >= 15 is 0 Å². The van der Waals surface area contributed by atoms with E-state index in [1.165, 1.54) is 0 Å². The van der Waals surface area contributed by atoms with Crippen LogP contribution in [-0.4, -0.2) is 76.4 Å². The summed E-state index contributed by atoms with van der Waals surface area (Å²) in [6.07, 6.45) is -0.208. The SMILES string of the molecule is CC(C)CCNC(=O)[C@H](CCC(=O)OC(C)(C)C)NC(=O)[C@H](CC(=O)OC(C)(C)C)NC(=O)[C@H](Cc1ccc2ccccc2c1)NC(=O)c1cc2cc(Cl)ccc2[nH]1. The van der Waals surface area contributed by atoms with Gasteiger partial charge in [0.2, 0.25) is 17.7 Å². The highest BCUT2D eigenvalue weighted by Crippen LogP contribution is 2.21. The number of fused-ring (bicyclic) bond motifs is 2. The van der Waals surface area contributed by atoms with E-state index in [9.17, 15) is 28.8 Å². The molecule has 58 heavy (non-hydrogen) atoms. The summed E-state index contributed by atoms with van der Waals surface area (Å²) in [5.74, 6) is -3.83. The molecule has 1 aromatic heterocycles. The average molecular weight is 818 g/mol. The number of aromatic nitrogens is 1. The molecule has 0 aliphatic carbocycles. The molecule has 4 rings (SSSR count). The van der Waals surface area contributed by atoms with Gasteiger partial charge in [0, 0.05) is 35.3 Å². The van der Waals surface area contributed by atoms with E-state index in [1.807, 2.05) is 56.3 Å². The lowest BCUT2D eigenvalue weighted by Crippen LogP contribution is -2.57. The molecule has 0 spiro atoms. The molecular formula is C44H56ClN5O8. The summed E-state index contributed by atoms with van der Waals surface area (Å²) in [6, 6.07) is 16.1. The normalized spacial score (nSPS) is 13.3. The first-order chi connectivity index (χ1) is 27.2. The zero-order chi connectivity index (χ0) is 42.8. The van der Waals surface area contributed by atoms with Crippen molar-refractivity contribution in [3.63, 3.8) is 0 Å². The van der Waals surface area contributed by atoms with Crippen molar-refractivity contribution in [1.29, 1.82) is 0 Å². The van der Waals surface area contributed by atoms with Crippen molar-refractivity contribution in [3.05, 3.63) is 83.0 Å². The molecule has 0 radical (unpaired) electrons. The van der Waals surface area contributed by atoms with Crippen LogP contribution in [0.25, 0.3) is 21.7 Å². The Morgan fingerprint density at radius 3 is 1.98 bits per heavy atom. The van der Waals surface area contributed by atoms with Gasteiger partial charge in [0.1, 0.15) is 35.0 Å². The molecule has 3 aromatic carbocycles. The topological polar surface area (TPSA) is 185 Å². The van der Waals surface area contributed by atoms with E-state index in [-0.39, 0.29) is 25.0 Å². The number of esters is 2. The molecule has 14 heteroatoms. The maximum absolute atomic E-state index is 14.3. The van der Waals surface area contributed by atoms with Crippen LogP contribution in [0.2, 0.25) is 5.02 Å². The number of carbonyl (C=O) groups is 6. The zero-order valence-electron chi connectivity index (χ0n) is 34.5. The molecule has 4 amide bonds. The third kappa shape index (κ3) is 14.5. The van der Waals surface area contributed by atoms with Crippen LogP contribution in [-0.2, 0) is 39.9 Å². The molecule has 0 fully saturated rings. The molecule has 0 unspecified atom stereocenters. The number of halogens is 1. The summed E-state index contributed by atoms with van der Waals surface area (Å²) < 4.78 is 10.9. The minimum absolute atomic E-state index is 0.0199. The van der Waals surface area contributed by atoms with Gasteiger partial charge in [-0.15, -0.1) is 0 Å². The van der Waals surface area contributed by atoms with E-state index in [0.29, 0.717) is 34.8 Å². The van der Waals surface area contributed by atoms with Gasteiger partial charge in [0.05, 0.1) is 6.42 Å². The number of hydrogen-bond acceptors (Lipinski definition) is 8. The highest BCUT2D eigenvalue weighted by Gasteiger charge is 2.33. The van der Waals surface area contributed by atoms with Gasteiger partial charge in [-0.3, -0.25) is 28.8 Å². The summed E-state index contributed by atoms with van der Waals surface area (Å²) in [5.41, 5.74) is -0.123. The van der Waals surface area contributed by atoms with Crippen molar-refractivity contribution >= 4 is 68.8 Å². The lowest BCUT2D eigenvalue weighted by atomic mass is 10.0. The highest BCUT2D eigenvalue weighted by atomic mass is 35.5. The first-order valence-electron chi connectivity index (χ1n) is 19.5. The van der Waals surface area contributed by atoms with E-state index in [4.69, 9.17) is 21.1 Å². The van der Waals surface area contributed by atoms with E-state index in [2.05, 4.69) is 26.3 Å². The molecule has 0 saturated carbocycles. The first kappa shape index (κ1) is 45.3. The van der Waals surface area contributed by atoms with Gasteiger partial charge in [0.15, 0.2) is 0 Å². The Bertz CT molecular complexity index is 2120. The Balaban J connectivity index is 1.64. The van der Waals surface area contributed by atoms with Gasteiger partial charge in [-0.2, -0.15) is 0 Å². The summed E-state index contributed by atoms with van der Waals surface area (Å²) in [4.78, 5) is 84.5. The van der Waals surface area contributed by atoms with E-state index in [0.717, 1.165) is 16.3 Å². The van der Waals surface area contributed by atoms with Crippen LogP contribution in [0.4, 0.5) is 0 Å². The Kier molecular flexibility index (Phi) is 15.5. The van der Waals surface area contributed by atoms with Crippen LogP contribution in [0.1, 0.15) is 97.1 Å². The smallest absolute Gasteiger partial charge is 0.308 e. The summed E-state index contributed by atoms with van der Waals surface area (Å²) in [5, 5.41) is 14.0. The molecule has 13 nitrogen and oxygen atoms in total. The van der Waals surface area contributed by atoms with Crippen LogP contribution < -0.4 is 21.3 Å². The number of ether oxygens (including phenoxy) is 2. The summed E-state index contributed by atoms with van der Waals surface area (Å²) >= 11 is 6.17. The average Bonchev–Trinajstić information content (AvgIpc) is 3.54. The van der Waals surface area contributed by atoms with Crippen LogP contribution in [0.15, 0.2) is 66.7 Å². The molecule has 5 N–H and O–H groups in total.